The highest BCUT2D eigenvalue weighted by atomic mass is 16.7. The second-order valence-electron chi connectivity index (χ2n) is 3.61. The summed E-state index contributed by atoms with van der Waals surface area (Å²) in [6.45, 7) is 3.86. The van der Waals surface area contributed by atoms with Crippen molar-refractivity contribution in [3.63, 3.8) is 0 Å². The molecule has 0 spiro atoms. The molecule has 0 aliphatic carbocycles. The van der Waals surface area contributed by atoms with Crippen LogP contribution in [0.1, 0.15) is 38.7 Å². The van der Waals surface area contributed by atoms with Crippen LogP contribution in [0.25, 0.3) is 0 Å². The molecule has 0 fully saturated rings. The number of oxime groups is 1. The molecular formula is C13H17NO2. The molecule has 16 heavy (non-hydrogen) atoms. The quantitative estimate of drug-likeness (QED) is 0.433. The van der Waals surface area contributed by atoms with Crippen molar-refractivity contribution in [3.05, 3.63) is 35.9 Å². The van der Waals surface area contributed by atoms with Crippen LogP contribution in [0.3, 0.4) is 0 Å². The van der Waals surface area contributed by atoms with Gasteiger partial charge >= 0.3 is 5.97 Å². The van der Waals surface area contributed by atoms with Gasteiger partial charge in [-0.05, 0) is 18.9 Å². The first-order valence-electron chi connectivity index (χ1n) is 5.54. The molecule has 3 nitrogen and oxygen atoms in total. The Kier molecular flexibility index (Phi) is 5.26. The van der Waals surface area contributed by atoms with Crippen molar-refractivity contribution >= 4 is 11.7 Å². The molecule has 0 saturated carbocycles. The lowest BCUT2D eigenvalue weighted by molar-refractivity contribution is -0.143. The molecule has 1 aromatic rings. The van der Waals surface area contributed by atoms with E-state index in [4.69, 9.17) is 4.84 Å². The van der Waals surface area contributed by atoms with Crippen molar-refractivity contribution in [1.29, 1.82) is 0 Å². The van der Waals surface area contributed by atoms with E-state index in [0.717, 1.165) is 18.4 Å². The van der Waals surface area contributed by atoms with E-state index in [1.54, 1.807) is 0 Å². The summed E-state index contributed by atoms with van der Waals surface area (Å²) < 4.78 is 0. The van der Waals surface area contributed by atoms with Gasteiger partial charge in [-0.25, -0.2) is 4.79 Å². The Hall–Kier alpha value is -1.64. The zero-order chi connectivity index (χ0) is 11.8. The Morgan fingerprint density at radius 3 is 2.62 bits per heavy atom. The Balaban J connectivity index is 2.48. The molecule has 0 atom stereocenters. The maximum atomic E-state index is 11.2. The van der Waals surface area contributed by atoms with Crippen molar-refractivity contribution < 1.29 is 9.63 Å². The van der Waals surface area contributed by atoms with Gasteiger partial charge in [-0.2, -0.15) is 0 Å². The van der Waals surface area contributed by atoms with E-state index >= 15 is 0 Å². The zero-order valence-corrected chi connectivity index (χ0v) is 9.77. The summed E-state index contributed by atoms with van der Waals surface area (Å²) in [7, 11) is 0. The third-order valence-corrected chi connectivity index (χ3v) is 2.21. The maximum Gasteiger partial charge on any atom is 0.335 e. The van der Waals surface area contributed by atoms with Crippen molar-refractivity contribution in [1.82, 2.24) is 0 Å². The van der Waals surface area contributed by atoms with E-state index in [2.05, 4.69) is 5.16 Å². The van der Waals surface area contributed by atoms with Crippen molar-refractivity contribution in [2.75, 3.05) is 0 Å². The molecular weight excluding hydrogens is 202 g/mol. The lowest BCUT2D eigenvalue weighted by atomic mass is 10.1. The first-order valence-corrected chi connectivity index (χ1v) is 5.54. The van der Waals surface area contributed by atoms with Gasteiger partial charge in [-0.3, -0.25) is 0 Å². The van der Waals surface area contributed by atoms with Crippen LogP contribution < -0.4 is 0 Å². The van der Waals surface area contributed by atoms with E-state index in [0.29, 0.717) is 12.1 Å². The van der Waals surface area contributed by atoms with Crippen LogP contribution >= 0.6 is 0 Å². The summed E-state index contributed by atoms with van der Waals surface area (Å²) in [4.78, 5) is 16.0. The van der Waals surface area contributed by atoms with Crippen LogP contribution in [0.4, 0.5) is 0 Å². The first kappa shape index (κ1) is 12.4. The van der Waals surface area contributed by atoms with Crippen LogP contribution in [-0.4, -0.2) is 11.7 Å². The molecule has 0 bridgehead atoms. The minimum Gasteiger partial charge on any atom is -0.318 e. The van der Waals surface area contributed by atoms with Crippen molar-refractivity contribution in [2.45, 2.75) is 33.1 Å². The molecule has 0 saturated heterocycles. The van der Waals surface area contributed by atoms with E-state index < -0.39 is 0 Å². The van der Waals surface area contributed by atoms with Crippen LogP contribution in [0, 0.1) is 0 Å². The number of benzene rings is 1. The third kappa shape index (κ3) is 4.26. The molecule has 0 radical (unpaired) electrons. The summed E-state index contributed by atoms with van der Waals surface area (Å²) in [6, 6.07) is 9.64. The summed E-state index contributed by atoms with van der Waals surface area (Å²) in [5, 5.41) is 3.81. The van der Waals surface area contributed by atoms with Gasteiger partial charge in [-0.15, -0.1) is 0 Å². The van der Waals surface area contributed by atoms with Crippen molar-refractivity contribution in [2.24, 2.45) is 5.16 Å². The van der Waals surface area contributed by atoms with Gasteiger partial charge in [-0.1, -0.05) is 48.8 Å². The van der Waals surface area contributed by atoms with E-state index in [9.17, 15) is 4.79 Å². The Morgan fingerprint density at radius 1 is 1.31 bits per heavy atom. The van der Waals surface area contributed by atoms with Gasteiger partial charge in [0.25, 0.3) is 0 Å². The molecule has 1 rings (SSSR count). The predicted octanol–water partition coefficient (Wildman–Crippen LogP) is 3.14. The average Bonchev–Trinajstić information content (AvgIpc) is 2.34. The SMILES string of the molecule is CCCCC(=O)ON=C(C)c1ccccc1. The van der Waals surface area contributed by atoms with E-state index in [1.807, 2.05) is 44.2 Å². The monoisotopic (exact) mass is 219 g/mol. The fourth-order valence-electron chi connectivity index (χ4n) is 1.22. The fourth-order valence-corrected chi connectivity index (χ4v) is 1.22. The normalized spacial score (nSPS) is 11.2. The summed E-state index contributed by atoms with van der Waals surface area (Å²) in [5.74, 6) is -0.267. The zero-order valence-electron chi connectivity index (χ0n) is 9.77. The maximum absolute atomic E-state index is 11.2. The second-order valence-corrected chi connectivity index (χ2v) is 3.61. The van der Waals surface area contributed by atoms with Crippen LogP contribution in [0.15, 0.2) is 35.5 Å². The summed E-state index contributed by atoms with van der Waals surface area (Å²) in [5.41, 5.74) is 1.68. The lowest BCUT2D eigenvalue weighted by Gasteiger charge is -2.00. The number of carbonyl (C=O) groups is 1. The number of nitrogens with zero attached hydrogens (tertiary/aromatic N) is 1. The summed E-state index contributed by atoms with van der Waals surface area (Å²) >= 11 is 0. The van der Waals surface area contributed by atoms with Crippen LogP contribution in [-0.2, 0) is 9.63 Å². The number of unbranched alkanes of at least 4 members (excludes halogenated alkanes) is 1. The standard InChI is InChI=1S/C13H17NO2/c1-3-4-10-13(15)16-14-11(2)12-8-6-5-7-9-12/h5-9H,3-4,10H2,1-2H3. The van der Waals surface area contributed by atoms with Gasteiger partial charge in [0.1, 0.15) is 0 Å². The van der Waals surface area contributed by atoms with Crippen molar-refractivity contribution in [3.8, 4) is 0 Å². The van der Waals surface area contributed by atoms with E-state index in [-0.39, 0.29) is 5.97 Å². The number of hydrogen-bond acceptors (Lipinski definition) is 3. The average molecular weight is 219 g/mol. The minimum absolute atomic E-state index is 0.267. The Morgan fingerprint density at radius 2 is 2.00 bits per heavy atom. The highest BCUT2D eigenvalue weighted by molar-refractivity contribution is 5.98. The molecule has 3 heteroatoms. The smallest absolute Gasteiger partial charge is 0.318 e. The van der Waals surface area contributed by atoms with Crippen LogP contribution in [0.5, 0.6) is 0 Å². The van der Waals surface area contributed by atoms with Crippen LogP contribution in [0.2, 0.25) is 0 Å². The number of rotatable bonds is 5. The Bertz CT molecular complexity index is 357. The molecule has 0 N–H and O–H groups in total. The number of carbonyl (C=O) groups excluding carboxylic acids is 1. The molecule has 86 valence electrons. The van der Waals surface area contributed by atoms with Gasteiger partial charge in [0, 0.05) is 6.42 Å². The molecule has 0 unspecified atom stereocenters. The molecule has 0 aliphatic heterocycles. The third-order valence-electron chi connectivity index (χ3n) is 2.21. The second kappa shape index (κ2) is 6.77. The highest BCUT2D eigenvalue weighted by Gasteiger charge is 2.02. The summed E-state index contributed by atoms with van der Waals surface area (Å²) in [6.07, 6.45) is 2.26. The van der Waals surface area contributed by atoms with Gasteiger partial charge in [0.05, 0.1) is 5.71 Å². The Labute approximate surface area is 96.1 Å². The lowest BCUT2D eigenvalue weighted by Crippen LogP contribution is -2.02. The largest absolute Gasteiger partial charge is 0.335 e. The molecule has 1 aromatic carbocycles. The highest BCUT2D eigenvalue weighted by Crippen LogP contribution is 2.02. The molecule has 0 aromatic heterocycles. The van der Waals surface area contributed by atoms with Gasteiger partial charge < -0.3 is 4.84 Å². The van der Waals surface area contributed by atoms with Gasteiger partial charge in [0.15, 0.2) is 0 Å². The molecule has 0 heterocycles. The molecule has 0 amide bonds. The minimum atomic E-state index is -0.267. The fraction of sp³-hybridized carbons (Fsp3) is 0.385. The van der Waals surface area contributed by atoms with E-state index in [1.165, 1.54) is 0 Å². The first-order chi connectivity index (χ1) is 7.74. The van der Waals surface area contributed by atoms with Gasteiger partial charge in [0.2, 0.25) is 0 Å². The topological polar surface area (TPSA) is 38.7 Å². The predicted molar refractivity (Wildman–Crippen MR) is 64.3 cm³/mol. The molecule has 0 aliphatic rings. The number of hydrogen-bond donors (Lipinski definition) is 0.